The second-order valence-electron chi connectivity index (χ2n) is 8.12. The van der Waals surface area contributed by atoms with Crippen LogP contribution in [-0.4, -0.2) is 35.8 Å². The van der Waals surface area contributed by atoms with Crippen LogP contribution in [0.25, 0.3) is 0 Å². The van der Waals surface area contributed by atoms with Crippen molar-refractivity contribution in [2.45, 2.75) is 57.9 Å². The first-order valence-corrected chi connectivity index (χ1v) is 8.60. The summed E-state index contributed by atoms with van der Waals surface area (Å²) in [6, 6.07) is 0.175. The summed E-state index contributed by atoms with van der Waals surface area (Å²) >= 11 is 0. The Bertz CT molecular complexity index is 438. The van der Waals surface area contributed by atoms with Gasteiger partial charge in [-0.05, 0) is 62.7 Å². The number of hydrogen-bond donors (Lipinski definition) is 1. The van der Waals surface area contributed by atoms with Crippen molar-refractivity contribution in [3.63, 3.8) is 0 Å². The number of rotatable bonds is 2. The highest BCUT2D eigenvalue weighted by atomic mass is 16.2. The van der Waals surface area contributed by atoms with Gasteiger partial charge in [-0.15, -0.1) is 0 Å². The zero-order valence-corrected chi connectivity index (χ0v) is 12.9. The lowest BCUT2D eigenvalue weighted by Gasteiger charge is -2.55. The van der Waals surface area contributed by atoms with E-state index < -0.39 is 0 Å². The number of carbonyl (C=O) groups excluding carboxylic acids is 2. The average Bonchev–Trinajstić information content (AvgIpc) is 2.85. The first-order chi connectivity index (χ1) is 10.0. The highest BCUT2D eigenvalue weighted by Gasteiger charge is 2.54. The minimum absolute atomic E-state index is 0.0571. The molecule has 5 rings (SSSR count). The monoisotopic (exact) mass is 290 g/mol. The van der Waals surface area contributed by atoms with Crippen LogP contribution < -0.4 is 5.32 Å². The van der Waals surface area contributed by atoms with E-state index in [-0.39, 0.29) is 17.4 Å². The Morgan fingerprint density at radius 3 is 2.10 bits per heavy atom. The summed E-state index contributed by atoms with van der Waals surface area (Å²) in [5, 5.41) is 3.29. The molecule has 1 heterocycles. The first-order valence-electron chi connectivity index (χ1n) is 8.60. The summed E-state index contributed by atoms with van der Waals surface area (Å²) in [5.41, 5.74) is -0.0571. The van der Waals surface area contributed by atoms with Crippen molar-refractivity contribution in [3.05, 3.63) is 0 Å². The predicted octanol–water partition coefficient (Wildman–Crippen LogP) is 1.94. The molecular weight excluding hydrogens is 264 g/mol. The normalized spacial score (nSPS) is 44.1. The summed E-state index contributed by atoms with van der Waals surface area (Å²) in [4.78, 5) is 26.2. The number of likely N-dealkylation sites (tertiary alicyclic amines) is 1. The lowest BCUT2D eigenvalue weighted by Crippen LogP contribution is -2.55. The molecule has 4 bridgehead atoms. The highest BCUT2D eigenvalue weighted by Crippen LogP contribution is 2.60. The quantitative estimate of drug-likeness (QED) is 0.845. The van der Waals surface area contributed by atoms with Crippen molar-refractivity contribution in [3.8, 4) is 0 Å². The summed E-state index contributed by atoms with van der Waals surface area (Å²) in [6.07, 6.45) is 8.38. The molecular formula is C17H26N2O2. The van der Waals surface area contributed by atoms with Crippen molar-refractivity contribution in [2.75, 3.05) is 13.1 Å². The van der Waals surface area contributed by atoms with Crippen LogP contribution in [0.5, 0.6) is 0 Å². The topological polar surface area (TPSA) is 49.4 Å². The van der Waals surface area contributed by atoms with E-state index in [0.29, 0.717) is 12.5 Å². The average molecular weight is 290 g/mol. The molecule has 1 unspecified atom stereocenters. The molecule has 21 heavy (non-hydrogen) atoms. The molecule has 0 radical (unpaired) electrons. The van der Waals surface area contributed by atoms with Gasteiger partial charge in [0.05, 0.1) is 0 Å². The van der Waals surface area contributed by atoms with Crippen LogP contribution in [0.15, 0.2) is 0 Å². The molecule has 1 aliphatic heterocycles. The van der Waals surface area contributed by atoms with E-state index in [1.165, 1.54) is 19.3 Å². The van der Waals surface area contributed by atoms with Gasteiger partial charge in [-0.3, -0.25) is 9.59 Å². The van der Waals surface area contributed by atoms with Crippen molar-refractivity contribution in [1.82, 2.24) is 10.2 Å². The molecule has 0 aromatic heterocycles. The molecule has 0 aromatic carbocycles. The van der Waals surface area contributed by atoms with Crippen LogP contribution in [0.3, 0.4) is 0 Å². The third-order valence-electron chi connectivity index (χ3n) is 6.49. The van der Waals surface area contributed by atoms with E-state index in [2.05, 4.69) is 5.32 Å². The predicted molar refractivity (Wildman–Crippen MR) is 79.4 cm³/mol. The summed E-state index contributed by atoms with van der Waals surface area (Å²) in [7, 11) is 0. The molecule has 4 aliphatic carbocycles. The Hall–Kier alpha value is -1.06. The molecule has 1 atom stereocenters. The number of nitrogens with zero attached hydrogens (tertiary/aromatic N) is 1. The Kier molecular flexibility index (Phi) is 3.05. The summed E-state index contributed by atoms with van der Waals surface area (Å²) < 4.78 is 0. The van der Waals surface area contributed by atoms with E-state index >= 15 is 0 Å². The van der Waals surface area contributed by atoms with Crippen LogP contribution in [0.4, 0.5) is 0 Å². The van der Waals surface area contributed by atoms with Crippen LogP contribution in [0.2, 0.25) is 0 Å². The lowest BCUT2D eigenvalue weighted by molar-refractivity contribution is -0.147. The van der Waals surface area contributed by atoms with E-state index in [1.54, 1.807) is 6.92 Å². The molecule has 2 amide bonds. The SMILES string of the molecule is CC(=O)N1CCC(NC(=O)C23CC4CC(CC(C4)C2)C3)C1. The van der Waals surface area contributed by atoms with Crippen LogP contribution in [-0.2, 0) is 9.59 Å². The van der Waals surface area contributed by atoms with Gasteiger partial charge in [0.15, 0.2) is 0 Å². The number of carbonyl (C=O) groups is 2. The Labute approximate surface area is 126 Å². The van der Waals surface area contributed by atoms with Gasteiger partial charge < -0.3 is 10.2 Å². The minimum atomic E-state index is -0.0571. The molecule has 0 aromatic rings. The van der Waals surface area contributed by atoms with E-state index in [0.717, 1.165) is 50.0 Å². The van der Waals surface area contributed by atoms with Gasteiger partial charge in [0.25, 0.3) is 0 Å². The standard InChI is InChI=1S/C17H26N2O2/c1-11(20)19-3-2-15(10-19)18-16(21)17-7-12-4-13(8-17)6-14(5-12)9-17/h12-15H,2-10H2,1H3,(H,18,21). The molecule has 1 saturated heterocycles. The second kappa shape index (κ2) is 4.72. The van der Waals surface area contributed by atoms with Crippen molar-refractivity contribution < 1.29 is 9.59 Å². The van der Waals surface area contributed by atoms with E-state index in [4.69, 9.17) is 0 Å². The number of hydrogen-bond acceptors (Lipinski definition) is 2. The van der Waals surface area contributed by atoms with Crippen molar-refractivity contribution >= 4 is 11.8 Å². The lowest BCUT2D eigenvalue weighted by atomic mass is 9.49. The molecule has 5 fully saturated rings. The van der Waals surface area contributed by atoms with Crippen LogP contribution in [0.1, 0.15) is 51.9 Å². The first kappa shape index (κ1) is 13.6. The fourth-order valence-electron chi connectivity index (χ4n) is 5.89. The maximum Gasteiger partial charge on any atom is 0.226 e. The fourth-order valence-corrected chi connectivity index (χ4v) is 5.89. The van der Waals surface area contributed by atoms with Crippen molar-refractivity contribution in [1.29, 1.82) is 0 Å². The maximum absolute atomic E-state index is 12.9. The Morgan fingerprint density at radius 2 is 1.62 bits per heavy atom. The van der Waals surface area contributed by atoms with Gasteiger partial charge in [0, 0.05) is 31.5 Å². The molecule has 1 N–H and O–H groups in total. The third kappa shape index (κ3) is 2.27. The zero-order chi connectivity index (χ0) is 14.6. The van der Waals surface area contributed by atoms with Crippen LogP contribution >= 0.6 is 0 Å². The molecule has 4 nitrogen and oxygen atoms in total. The minimum Gasteiger partial charge on any atom is -0.351 e. The number of amides is 2. The second-order valence-corrected chi connectivity index (χ2v) is 8.12. The largest absolute Gasteiger partial charge is 0.351 e. The van der Waals surface area contributed by atoms with Gasteiger partial charge in [0.1, 0.15) is 0 Å². The van der Waals surface area contributed by atoms with E-state index in [9.17, 15) is 9.59 Å². The van der Waals surface area contributed by atoms with Gasteiger partial charge in [0.2, 0.25) is 11.8 Å². The summed E-state index contributed by atoms with van der Waals surface area (Å²) in [5.74, 6) is 2.84. The highest BCUT2D eigenvalue weighted by molar-refractivity contribution is 5.83. The van der Waals surface area contributed by atoms with Gasteiger partial charge in [-0.2, -0.15) is 0 Å². The molecule has 4 heteroatoms. The van der Waals surface area contributed by atoms with E-state index in [1.807, 2.05) is 4.90 Å². The molecule has 4 saturated carbocycles. The van der Waals surface area contributed by atoms with Gasteiger partial charge in [-0.25, -0.2) is 0 Å². The van der Waals surface area contributed by atoms with Gasteiger partial charge in [-0.1, -0.05) is 0 Å². The molecule has 116 valence electrons. The Morgan fingerprint density at radius 1 is 1.05 bits per heavy atom. The number of nitrogens with one attached hydrogen (secondary N) is 1. The van der Waals surface area contributed by atoms with Crippen LogP contribution in [0, 0.1) is 23.2 Å². The van der Waals surface area contributed by atoms with Crippen molar-refractivity contribution in [2.24, 2.45) is 23.2 Å². The Balaban J connectivity index is 1.42. The van der Waals surface area contributed by atoms with Gasteiger partial charge >= 0.3 is 0 Å². The summed E-state index contributed by atoms with van der Waals surface area (Å²) in [6.45, 7) is 3.11. The fraction of sp³-hybridized carbons (Fsp3) is 0.882. The maximum atomic E-state index is 12.9. The zero-order valence-electron chi connectivity index (χ0n) is 12.9. The third-order valence-corrected chi connectivity index (χ3v) is 6.49. The smallest absolute Gasteiger partial charge is 0.226 e. The molecule has 5 aliphatic rings. The molecule has 0 spiro atoms.